The van der Waals surface area contributed by atoms with Crippen LogP contribution in [0, 0.1) is 0 Å². The molecule has 29 heavy (non-hydrogen) atoms. The summed E-state index contributed by atoms with van der Waals surface area (Å²) in [7, 11) is 0. The Morgan fingerprint density at radius 2 is 1.90 bits per heavy atom. The van der Waals surface area contributed by atoms with E-state index in [1.165, 1.54) is 0 Å². The van der Waals surface area contributed by atoms with Crippen LogP contribution in [0.3, 0.4) is 0 Å². The molecule has 0 spiro atoms. The molecule has 6 heteroatoms. The third-order valence-corrected chi connectivity index (χ3v) is 4.55. The number of nitrogens with one attached hydrogen (secondary N) is 1. The van der Waals surface area contributed by atoms with Gasteiger partial charge in [0.1, 0.15) is 11.3 Å². The van der Waals surface area contributed by atoms with E-state index in [2.05, 4.69) is 10.3 Å². The lowest BCUT2D eigenvalue weighted by atomic mass is 10.1. The number of fused-ring (bicyclic) bond motifs is 1. The molecule has 0 unspecified atom stereocenters. The summed E-state index contributed by atoms with van der Waals surface area (Å²) >= 11 is 6.30. The molecule has 3 aromatic carbocycles. The largest absolute Gasteiger partial charge is 0.491 e. The molecular weight excluding hydrogens is 388 g/mol. The summed E-state index contributed by atoms with van der Waals surface area (Å²) in [6, 6.07) is 19.8. The molecule has 1 N–H and O–H groups in total. The molecule has 0 saturated heterocycles. The molecule has 0 fully saturated rings. The third-order valence-electron chi connectivity index (χ3n) is 4.22. The van der Waals surface area contributed by atoms with Crippen molar-refractivity contribution in [3.05, 3.63) is 77.3 Å². The van der Waals surface area contributed by atoms with Crippen LogP contribution >= 0.6 is 11.6 Å². The zero-order chi connectivity index (χ0) is 20.4. The van der Waals surface area contributed by atoms with E-state index in [1.807, 2.05) is 44.2 Å². The van der Waals surface area contributed by atoms with Crippen molar-refractivity contribution < 1.29 is 13.9 Å². The van der Waals surface area contributed by atoms with Gasteiger partial charge in [-0.1, -0.05) is 29.8 Å². The van der Waals surface area contributed by atoms with Crippen molar-refractivity contribution in [2.45, 2.75) is 20.0 Å². The number of anilines is 1. The molecule has 0 aliphatic carbocycles. The molecule has 1 heterocycles. The third kappa shape index (κ3) is 4.25. The number of amides is 1. The Kier molecular flexibility index (Phi) is 5.23. The van der Waals surface area contributed by atoms with E-state index in [9.17, 15) is 4.79 Å². The van der Waals surface area contributed by atoms with Gasteiger partial charge in [-0.25, -0.2) is 4.98 Å². The highest BCUT2D eigenvalue weighted by molar-refractivity contribution is 6.34. The lowest BCUT2D eigenvalue weighted by Gasteiger charge is -2.12. The highest BCUT2D eigenvalue weighted by atomic mass is 35.5. The number of oxazole rings is 1. The summed E-state index contributed by atoms with van der Waals surface area (Å²) in [5, 5.41) is 3.28. The maximum Gasteiger partial charge on any atom is 0.255 e. The van der Waals surface area contributed by atoms with Gasteiger partial charge in [0.15, 0.2) is 5.58 Å². The van der Waals surface area contributed by atoms with Gasteiger partial charge in [0, 0.05) is 11.1 Å². The first-order valence-electron chi connectivity index (χ1n) is 9.23. The fourth-order valence-corrected chi connectivity index (χ4v) is 3.09. The van der Waals surface area contributed by atoms with Crippen LogP contribution in [0.2, 0.25) is 5.02 Å². The minimum atomic E-state index is -0.282. The van der Waals surface area contributed by atoms with Crippen molar-refractivity contribution in [3.63, 3.8) is 0 Å². The van der Waals surface area contributed by atoms with E-state index in [-0.39, 0.29) is 12.0 Å². The normalized spacial score (nSPS) is 11.0. The second-order valence-electron chi connectivity index (χ2n) is 6.83. The first kappa shape index (κ1) is 19.0. The second-order valence-corrected chi connectivity index (χ2v) is 7.24. The zero-order valence-electron chi connectivity index (χ0n) is 16.0. The topological polar surface area (TPSA) is 64.4 Å². The van der Waals surface area contributed by atoms with Crippen LogP contribution in [0.25, 0.3) is 22.6 Å². The van der Waals surface area contributed by atoms with Gasteiger partial charge >= 0.3 is 0 Å². The summed E-state index contributed by atoms with van der Waals surface area (Å²) in [6.45, 7) is 3.87. The van der Waals surface area contributed by atoms with Crippen LogP contribution in [-0.2, 0) is 0 Å². The fourth-order valence-electron chi connectivity index (χ4n) is 2.93. The number of nitrogens with zero attached hydrogens (tertiary/aromatic N) is 1. The monoisotopic (exact) mass is 406 g/mol. The van der Waals surface area contributed by atoms with Crippen molar-refractivity contribution in [3.8, 4) is 17.2 Å². The molecule has 0 aliphatic heterocycles. The van der Waals surface area contributed by atoms with Crippen LogP contribution in [0.5, 0.6) is 5.75 Å². The van der Waals surface area contributed by atoms with E-state index >= 15 is 0 Å². The van der Waals surface area contributed by atoms with Crippen molar-refractivity contribution in [1.29, 1.82) is 0 Å². The first-order chi connectivity index (χ1) is 14.0. The highest BCUT2D eigenvalue weighted by Gasteiger charge is 2.14. The van der Waals surface area contributed by atoms with Gasteiger partial charge in [-0.3, -0.25) is 4.79 Å². The van der Waals surface area contributed by atoms with Gasteiger partial charge < -0.3 is 14.5 Å². The lowest BCUT2D eigenvalue weighted by molar-refractivity contribution is 0.102. The SMILES string of the molecule is CC(C)Oc1cccc(C(=O)Nc2cc(-c3nc4ccccc4o3)ccc2Cl)c1. The number of hydrogen-bond donors (Lipinski definition) is 1. The van der Waals surface area contributed by atoms with Gasteiger partial charge in [0.2, 0.25) is 5.89 Å². The molecule has 0 atom stereocenters. The Bertz CT molecular complexity index is 1150. The van der Waals surface area contributed by atoms with Gasteiger partial charge in [-0.15, -0.1) is 0 Å². The predicted octanol–water partition coefficient (Wildman–Crippen LogP) is 6.19. The second kappa shape index (κ2) is 7.97. The fraction of sp³-hybridized carbons (Fsp3) is 0.130. The van der Waals surface area contributed by atoms with E-state index in [0.717, 1.165) is 11.1 Å². The van der Waals surface area contributed by atoms with E-state index in [4.69, 9.17) is 20.8 Å². The van der Waals surface area contributed by atoms with Gasteiger partial charge in [-0.2, -0.15) is 0 Å². The molecule has 146 valence electrons. The number of aromatic nitrogens is 1. The van der Waals surface area contributed by atoms with E-state index in [1.54, 1.807) is 36.4 Å². The van der Waals surface area contributed by atoms with Crippen LogP contribution in [-0.4, -0.2) is 17.0 Å². The Morgan fingerprint density at radius 3 is 2.69 bits per heavy atom. The van der Waals surface area contributed by atoms with Gasteiger partial charge in [0.05, 0.1) is 16.8 Å². The summed E-state index contributed by atoms with van der Waals surface area (Å²) < 4.78 is 11.5. The Balaban J connectivity index is 1.60. The van der Waals surface area contributed by atoms with Crippen molar-refractivity contribution in [2.24, 2.45) is 0 Å². The molecule has 0 bridgehead atoms. The van der Waals surface area contributed by atoms with Crippen LogP contribution in [0.4, 0.5) is 5.69 Å². The van der Waals surface area contributed by atoms with Crippen LogP contribution in [0.15, 0.2) is 71.1 Å². The van der Waals surface area contributed by atoms with Crippen molar-refractivity contribution in [1.82, 2.24) is 4.98 Å². The van der Waals surface area contributed by atoms with Crippen LogP contribution in [0.1, 0.15) is 24.2 Å². The number of carbonyl (C=O) groups excluding carboxylic acids is 1. The molecular formula is C23H19ClN2O3. The van der Waals surface area contributed by atoms with E-state index < -0.39 is 0 Å². The Hall–Kier alpha value is -3.31. The smallest absolute Gasteiger partial charge is 0.255 e. The first-order valence-corrected chi connectivity index (χ1v) is 9.61. The summed E-state index contributed by atoms with van der Waals surface area (Å²) in [4.78, 5) is 17.2. The number of carbonyl (C=O) groups is 1. The predicted molar refractivity (Wildman–Crippen MR) is 115 cm³/mol. The summed E-state index contributed by atoms with van der Waals surface area (Å²) in [5.41, 5.74) is 3.14. The Labute approximate surface area is 173 Å². The molecule has 0 saturated carbocycles. The number of halogens is 1. The zero-order valence-corrected chi connectivity index (χ0v) is 16.7. The maximum absolute atomic E-state index is 12.7. The molecule has 1 aromatic heterocycles. The summed E-state index contributed by atoms with van der Waals surface area (Å²) in [5.74, 6) is 0.820. The quantitative estimate of drug-likeness (QED) is 0.429. The van der Waals surface area contributed by atoms with Crippen molar-refractivity contribution in [2.75, 3.05) is 5.32 Å². The Morgan fingerprint density at radius 1 is 1.07 bits per heavy atom. The highest BCUT2D eigenvalue weighted by Crippen LogP contribution is 2.31. The number of rotatable bonds is 5. The molecule has 0 aliphatic rings. The number of para-hydroxylation sites is 2. The van der Waals surface area contributed by atoms with Gasteiger partial charge in [0.25, 0.3) is 5.91 Å². The van der Waals surface area contributed by atoms with Gasteiger partial charge in [-0.05, 0) is 62.4 Å². The van der Waals surface area contributed by atoms with Crippen LogP contribution < -0.4 is 10.1 Å². The lowest BCUT2D eigenvalue weighted by Crippen LogP contribution is -2.13. The molecule has 5 nitrogen and oxygen atoms in total. The average Bonchev–Trinajstić information content (AvgIpc) is 3.13. The van der Waals surface area contributed by atoms with E-state index in [0.29, 0.717) is 33.5 Å². The number of hydrogen-bond acceptors (Lipinski definition) is 4. The molecule has 1 amide bonds. The molecule has 4 aromatic rings. The molecule has 0 radical (unpaired) electrons. The maximum atomic E-state index is 12.7. The number of ether oxygens (including phenoxy) is 1. The molecule has 4 rings (SSSR count). The standard InChI is InChI=1S/C23H19ClN2O3/c1-14(2)28-17-7-5-6-15(12-17)22(27)25-20-13-16(10-11-18(20)24)23-26-19-8-3-4-9-21(19)29-23/h3-14H,1-2H3,(H,25,27). The minimum Gasteiger partial charge on any atom is -0.491 e. The summed E-state index contributed by atoms with van der Waals surface area (Å²) in [6.07, 6.45) is 0.0238. The van der Waals surface area contributed by atoms with Crippen molar-refractivity contribution >= 4 is 34.3 Å². The minimum absolute atomic E-state index is 0.0238. The number of benzene rings is 3. The average molecular weight is 407 g/mol.